The van der Waals surface area contributed by atoms with Gasteiger partial charge in [-0.2, -0.15) is 0 Å². The van der Waals surface area contributed by atoms with Crippen LogP contribution in [-0.4, -0.2) is 45.0 Å². The number of esters is 2. The van der Waals surface area contributed by atoms with Gasteiger partial charge in [0.05, 0.1) is 17.7 Å². The highest BCUT2D eigenvalue weighted by Crippen LogP contribution is 2.19. The minimum atomic E-state index is -0.563. The molecule has 0 saturated heterocycles. The third kappa shape index (κ3) is 7.97. The summed E-state index contributed by atoms with van der Waals surface area (Å²) in [5, 5.41) is 0. The molecule has 0 radical (unpaired) electrons. The van der Waals surface area contributed by atoms with E-state index in [0.717, 1.165) is 0 Å². The first-order chi connectivity index (χ1) is 16.2. The van der Waals surface area contributed by atoms with Gasteiger partial charge in [0.2, 0.25) is 0 Å². The molecule has 0 aromatic heterocycles. The molecule has 0 saturated carbocycles. The summed E-state index contributed by atoms with van der Waals surface area (Å²) in [7, 11) is 0. The molecule has 0 N–H and O–H groups in total. The Hall–Kier alpha value is -3.84. The Morgan fingerprint density at radius 3 is 2.00 bits per heavy atom. The predicted molar refractivity (Wildman–Crippen MR) is 122 cm³/mol. The van der Waals surface area contributed by atoms with Gasteiger partial charge in [0.25, 0.3) is 0 Å². The number of rotatable bonds is 12. The van der Waals surface area contributed by atoms with Crippen molar-refractivity contribution in [3.05, 3.63) is 90.0 Å². The largest absolute Gasteiger partial charge is 0.491 e. The van der Waals surface area contributed by atoms with Crippen LogP contribution in [0.2, 0.25) is 0 Å². The summed E-state index contributed by atoms with van der Waals surface area (Å²) in [5.41, 5.74) is 0.600. The smallest absolute Gasteiger partial charge is 0.343 e. The van der Waals surface area contributed by atoms with E-state index in [-0.39, 0.29) is 24.5 Å². The predicted octanol–water partition coefficient (Wildman–Crippen LogP) is 4.56. The van der Waals surface area contributed by atoms with Crippen molar-refractivity contribution in [2.24, 2.45) is 0 Å². The van der Waals surface area contributed by atoms with E-state index in [4.69, 9.17) is 23.7 Å². The molecule has 0 unspecified atom stereocenters. The maximum absolute atomic E-state index is 12.5. The SMILES string of the molecule is CCOCCOc1cccc(C(=O)Oc2cccc(C(=O)OCCOc3ccccc3)c2)c1. The molecule has 33 heavy (non-hydrogen) atoms. The van der Waals surface area contributed by atoms with E-state index in [1.54, 1.807) is 42.5 Å². The van der Waals surface area contributed by atoms with Crippen molar-refractivity contribution in [3.63, 3.8) is 0 Å². The highest BCUT2D eigenvalue weighted by Gasteiger charge is 2.13. The summed E-state index contributed by atoms with van der Waals surface area (Å²) in [6.45, 7) is 3.69. The fourth-order valence-corrected chi connectivity index (χ4v) is 2.82. The number of ether oxygens (including phenoxy) is 5. The van der Waals surface area contributed by atoms with Crippen LogP contribution in [0.5, 0.6) is 17.2 Å². The number of hydrogen-bond acceptors (Lipinski definition) is 7. The fraction of sp³-hybridized carbons (Fsp3) is 0.231. The van der Waals surface area contributed by atoms with Gasteiger partial charge in [-0.3, -0.25) is 0 Å². The van der Waals surface area contributed by atoms with Crippen LogP contribution < -0.4 is 14.2 Å². The Bertz CT molecular complexity index is 1030. The second-order valence-corrected chi connectivity index (χ2v) is 6.79. The van der Waals surface area contributed by atoms with Crippen LogP contribution in [0.25, 0.3) is 0 Å². The standard InChI is InChI=1S/C26H26O7/c1-2-29-14-15-31-23-12-6-9-21(18-23)26(28)33-24-13-7-8-20(19-24)25(27)32-17-16-30-22-10-4-3-5-11-22/h3-13,18-19H,2,14-17H2,1H3. The first-order valence-electron chi connectivity index (χ1n) is 10.6. The van der Waals surface area contributed by atoms with Crippen molar-refractivity contribution in [1.82, 2.24) is 0 Å². The number of carbonyl (C=O) groups is 2. The van der Waals surface area contributed by atoms with Crippen LogP contribution in [0, 0.1) is 0 Å². The van der Waals surface area contributed by atoms with Gasteiger partial charge in [-0.25, -0.2) is 9.59 Å². The normalized spacial score (nSPS) is 10.3. The van der Waals surface area contributed by atoms with E-state index in [9.17, 15) is 9.59 Å². The van der Waals surface area contributed by atoms with Crippen LogP contribution in [0.3, 0.4) is 0 Å². The molecule has 7 nitrogen and oxygen atoms in total. The van der Waals surface area contributed by atoms with Gasteiger partial charge in [0.1, 0.15) is 37.1 Å². The molecule has 0 aliphatic carbocycles. The van der Waals surface area contributed by atoms with Crippen LogP contribution in [-0.2, 0) is 9.47 Å². The third-order valence-electron chi connectivity index (χ3n) is 4.38. The van der Waals surface area contributed by atoms with Crippen LogP contribution in [0.15, 0.2) is 78.9 Å². The molecule has 3 aromatic carbocycles. The summed E-state index contributed by atoms with van der Waals surface area (Å²) in [4.78, 5) is 24.8. The number of carbonyl (C=O) groups excluding carboxylic acids is 2. The van der Waals surface area contributed by atoms with E-state index in [2.05, 4.69) is 0 Å². The number of para-hydroxylation sites is 1. The van der Waals surface area contributed by atoms with Gasteiger partial charge >= 0.3 is 11.9 Å². The van der Waals surface area contributed by atoms with Gasteiger partial charge in [0.15, 0.2) is 0 Å². The van der Waals surface area contributed by atoms with E-state index in [0.29, 0.717) is 36.9 Å². The van der Waals surface area contributed by atoms with E-state index >= 15 is 0 Å². The highest BCUT2D eigenvalue weighted by molar-refractivity contribution is 5.93. The van der Waals surface area contributed by atoms with Gasteiger partial charge in [0, 0.05) is 6.61 Å². The molecule has 0 fully saturated rings. The minimum Gasteiger partial charge on any atom is -0.491 e. The molecule has 0 aliphatic rings. The lowest BCUT2D eigenvalue weighted by Gasteiger charge is -2.10. The van der Waals surface area contributed by atoms with E-state index < -0.39 is 11.9 Å². The molecule has 172 valence electrons. The van der Waals surface area contributed by atoms with Gasteiger partial charge in [-0.15, -0.1) is 0 Å². The van der Waals surface area contributed by atoms with Crippen molar-refractivity contribution >= 4 is 11.9 Å². The molecule has 0 amide bonds. The van der Waals surface area contributed by atoms with Crippen LogP contribution in [0.4, 0.5) is 0 Å². The van der Waals surface area contributed by atoms with Gasteiger partial charge in [-0.05, 0) is 55.5 Å². The molecule has 0 bridgehead atoms. The quantitative estimate of drug-likeness (QED) is 0.227. The second kappa shape index (κ2) is 12.9. The zero-order valence-electron chi connectivity index (χ0n) is 18.4. The Kier molecular flexibility index (Phi) is 9.29. The van der Waals surface area contributed by atoms with Crippen LogP contribution >= 0.6 is 0 Å². The molecule has 0 spiro atoms. The van der Waals surface area contributed by atoms with Crippen molar-refractivity contribution in [3.8, 4) is 17.2 Å². The average Bonchev–Trinajstić information content (AvgIpc) is 2.85. The average molecular weight is 450 g/mol. The molecule has 0 aliphatic heterocycles. The Morgan fingerprint density at radius 1 is 0.636 bits per heavy atom. The van der Waals surface area contributed by atoms with E-state index in [1.165, 1.54) is 6.07 Å². The van der Waals surface area contributed by atoms with Crippen molar-refractivity contribution in [2.75, 3.05) is 33.0 Å². The molecule has 3 aromatic rings. The van der Waals surface area contributed by atoms with E-state index in [1.807, 2.05) is 37.3 Å². The lowest BCUT2D eigenvalue weighted by atomic mass is 10.2. The molecular weight excluding hydrogens is 424 g/mol. The Labute approximate surface area is 192 Å². The van der Waals surface area contributed by atoms with Crippen LogP contribution in [0.1, 0.15) is 27.6 Å². The van der Waals surface area contributed by atoms with Crippen molar-refractivity contribution in [2.45, 2.75) is 6.92 Å². The molecule has 7 heteroatoms. The molecule has 0 atom stereocenters. The molecule has 0 heterocycles. The monoisotopic (exact) mass is 450 g/mol. The lowest BCUT2D eigenvalue weighted by molar-refractivity contribution is 0.0449. The number of hydrogen-bond donors (Lipinski definition) is 0. The minimum absolute atomic E-state index is 0.0911. The molecule has 3 rings (SSSR count). The maximum Gasteiger partial charge on any atom is 0.343 e. The van der Waals surface area contributed by atoms with Crippen molar-refractivity contribution in [1.29, 1.82) is 0 Å². The van der Waals surface area contributed by atoms with Crippen molar-refractivity contribution < 1.29 is 33.3 Å². The summed E-state index contributed by atoms with van der Waals surface area (Å²) in [5.74, 6) is 0.379. The highest BCUT2D eigenvalue weighted by atomic mass is 16.6. The third-order valence-corrected chi connectivity index (χ3v) is 4.38. The summed E-state index contributed by atoms with van der Waals surface area (Å²) < 4.78 is 27.0. The Balaban J connectivity index is 1.50. The first kappa shape index (κ1) is 23.8. The first-order valence-corrected chi connectivity index (χ1v) is 10.6. The lowest BCUT2D eigenvalue weighted by Crippen LogP contribution is -2.13. The summed E-state index contributed by atoms with van der Waals surface area (Å²) in [6.07, 6.45) is 0. The fourth-order valence-electron chi connectivity index (χ4n) is 2.82. The van der Waals surface area contributed by atoms with Gasteiger partial charge < -0.3 is 23.7 Å². The maximum atomic E-state index is 12.5. The topological polar surface area (TPSA) is 80.3 Å². The summed E-state index contributed by atoms with van der Waals surface area (Å²) in [6, 6.07) is 22.2. The summed E-state index contributed by atoms with van der Waals surface area (Å²) >= 11 is 0. The molecular formula is C26H26O7. The number of benzene rings is 3. The zero-order chi connectivity index (χ0) is 23.3. The van der Waals surface area contributed by atoms with Gasteiger partial charge in [-0.1, -0.05) is 30.3 Å². The second-order valence-electron chi connectivity index (χ2n) is 6.79. The zero-order valence-corrected chi connectivity index (χ0v) is 18.4. The Morgan fingerprint density at radius 2 is 1.24 bits per heavy atom.